The van der Waals surface area contributed by atoms with E-state index < -0.39 is 0 Å². The van der Waals surface area contributed by atoms with E-state index in [1.54, 1.807) is 6.20 Å². The fraction of sp³-hybridized carbons (Fsp3) is 0.412. The summed E-state index contributed by atoms with van der Waals surface area (Å²) >= 11 is 1.89. The molecule has 0 bridgehead atoms. The van der Waals surface area contributed by atoms with Gasteiger partial charge in [-0.15, -0.1) is 0 Å². The lowest BCUT2D eigenvalue weighted by Gasteiger charge is -2.30. The lowest BCUT2D eigenvalue weighted by molar-refractivity contribution is 0.575. The summed E-state index contributed by atoms with van der Waals surface area (Å²) in [5, 5.41) is 13.9. The number of anilines is 1. The molecular weight excluding hydrogens is 278 g/mol. The summed E-state index contributed by atoms with van der Waals surface area (Å²) in [7, 11) is 0. The van der Waals surface area contributed by atoms with E-state index in [-0.39, 0.29) is 4.75 Å². The van der Waals surface area contributed by atoms with Gasteiger partial charge in [0.2, 0.25) is 0 Å². The minimum Gasteiger partial charge on any atom is -0.382 e. The van der Waals surface area contributed by atoms with Crippen molar-refractivity contribution in [3.63, 3.8) is 0 Å². The molecule has 0 aliphatic heterocycles. The monoisotopic (exact) mass is 299 g/mol. The number of para-hydroxylation sites is 1. The smallest absolute Gasteiger partial charge is 0.103 e. The van der Waals surface area contributed by atoms with E-state index in [4.69, 9.17) is 0 Å². The molecule has 0 fully saturated rings. The van der Waals surface area contributed by atoms with Crippen LogP contribution in [-0.2, 0) is 0 Å². The second-order valence-electron chi connectivity index (χ2n) is 5.12. The third-order valence-corrected chi connectivity index (χ3v) is 5.79. The summed E-state index contributed by atoms with van der Waals surface area (Å²) in [5.74, 6) is 0. The average Bonchev–Trinajstić information content (AvgIpc) is 2.56. The molecule has 0 radical (unpaired) electrons. The normalized spacial score (nSPS) is 11.3. The molecule has 0 unspecified atom stereocenters. The van der Waals surface area contributed by atoms with Crippen molar-refractivity contribution in [3.05, 3.63) is 36.0 Å². The first-order valence-corrected chi connectivity index (χ1v) is 8.49. The van der Waals surface area contributed by atoms with Crippen molar-refractivity contribution in [2.24, 2.45) is 0 Å². The Morgan fingerprint density at radius 3 is 2.62 bits per heavy atom. The predicted molar refractivity (Wildman–Crippen MR) is 91.8 cm³/mol. The molecule has 0 spiro atoms. The number of aromatic nitrogens is 1. The molecule has 1 aromatic heterocycles. The Morgan fingerprint density at radius 1 is 1.29 bits per heavy atom. The molecule has 110 valence electrons. The topological polar surface area (TPSA) is 48.7 Å². The first-order valence-electron chi connectivity index (χ1n) is 7.26. The molecule has 21 heavy (non-hydrogen) atoms. The van der Waals surface area contributed by atoms with Gasteiger partial charge in [-0.05, 0) is 25.2 Å². The van der Waals surface area contributed by atoms with Crippen LogP contribution in [0, 0.1) is 11.3 Å². The Labute approximate surface area is 130 Å². The Hall–Kier alpha value is -1.73. The first-order chi connectivity index (χ1) is 10.2. The van der Waals surface area contributed by atoms with Crippen molar-refractivity contribution in [2.45, 2.75) is 31.4 Å². The summed E-state index contributed by atoms with van der Waals surface area (Å²) in [5.41, 5.74) is 2.43. The number of fused-ring (bicyclic) bond motifs is 1. The SMILES string of the molecule is CCC(CC)(CNc1c(C#N)cnc2ccccc12)SC. The van der Waals surface area contributed by atoms with Crippen LogP contribution in [0.3, 0.4) is 0 Å². The second-order valence-corrected chi connectivity index (χ2v) is 6.40. The maximum Gasteiger partial charge on any atom is 0.103 e. The quantitative estimate of drug-likeness (QED) is 0.856. The summed E-state index contributed by atoms with van der Waals surface area (Å²) in [6.07, 6.45) is 6.01. The maximum atomic E-state index is 9.34. The standard InChI is InChI=1S/C17H21N3S/c1-4-17(5-2,21-3)12-20-16-13(10-18)11-19-15-9-7-6-8-14(15)16/h6-9,11H,4-5,12H2,1-3H3,(H,19,20). The van der Waals surface area contributed by atoms with Gasteiger partial charge in [-0.1, -0.05) is 32.0 Å². The van der Waals surface area contributed by atoms with E-state index in [9.17, 15) is 5.26 Å². The highest BCUT2D eigenvalue weighted by Gasteiger charge is 2.25. The van der Waals surface area contributed by atoms with Crippen LogP contribution in [0.5, 0.6) is 0 Å². The van der Waals surface area contributed by atoms with Gasteiger partial charge in [-0.3, -0.25) is 4.98 Å². The van der Waals surface area contributed by atoms with Crippen LogP contribution in [0.1, 0.15) is 32.3 Å². The van der Waals surface area contributed by atoms with Gasteiger partial charge in [0, 0.05) is 22.9 Å². The van der Waals surface area contributed by atoms with Crippen molar-refractivity contribution in [3.8, 4) is 6.07 Å². The zero-order chi connectivity index (χ0) is 15.3. The third kappa shape index (κ3) is 3.14. The van der Waals surface area contributed by atoms with E-state index in [0.717, 1.165) is 36.0 Å². The molecule has 3 nitrogen and oxygen atoms in total. The van der Waals surface area contributed by atoms with Crippen LogP contribution < -0.4 is 5.32 Å². The zero-order valence-corrected chi connectivity index (χ0v) is 13.6. The van der Waals surface area contributed by atoms with Crippen molar-refractivity contribution in [1.29, 1.82) is 5.26 Å². The fourth-order valence-corrected chi connectivity index (χ4v) is 3.32. The Balaban J connectivity index is 2.39. The van der Waals surface area contributed by atoms with Crippen LogP contribution in [0.4, 0.5) is 5.69 Å². The van der Waals surface area contributed by atoms with Crippen LogP contribution in [0.15, 0.2) is 30.5 Å². The number of rotatable bonds is 6. The molecule has 1 N–H and O–H groups in total. The molecule has 0 saturated heterocycles. The molecule has 0 atom stereocenters. The van der Waals surface area contributed by atoms with Gasteiger partial charge < -0.3 is 5.32 Å². The van der Waals surface area contributed by atoms with Crippen LogP contribution in [0.25, 0.3) is 10.9 Å². The molecule has 4 heteroatoms. The maximum absolute atomic E-state index is 9.34. The molecule has 2 aromatic rings. The number of nitrogens with zero attached hydrogens (tertiary/aromatic N) is 2. The molecule has 0 aliphatic carbocycles. The Kier molecular flexibility index (Phi) is 5.08. The van der Waals surface area contributed by atoms with E-state index >= 15 is 0 Å². The highest BCUT2D eigenvalue weighted by Crippen LogP contribution is 2.32. The number of thioether (sulfide) groups is 1. The number of hydrogen-bond acceptors (Lipinski definition) is 4. The third-order valence-electron chi connectivity index (χ3n) is 4.20. The van der Waals surface area contributed by atoms with E-state index in [1.165, 1.54) is 0 Å². The van der Waals surface area contributed by atoms with Gasteiger partial charge in [-0.2, -0.15) is 17.0 Å². The van der Waals surface area contributed by atoms with Crippen LogP contribution >= 0.6 is 11.8 Å². The zero-order valence-electron chi connectivity index (χ0n) is 12.8. The highest BCUT2D eigenvalue weighted by atomic mass is 32.2. The lowest BCUT2D eigenvalue weighted by Crippen LogP contribution is -2.32. The van der Waals surface area contributed by atoms with Crippen molar-refractivity contribution in [2.75, 3.05) is 18.1 Å². The number of benzene rings is 1. The van der Waals surface area contributed by atoms with Crippen LogP contribution in [-0.4, -0.2) is 22.5 Å². The second kappa shape index (κ2) is 6.82. The summed E-state index contributed by atoms with van der Waals surface area (Å²) in [4.78, 5) is 4.35. The largest absolute Gasteiger partial charge is 0.382 e. The minimum atomic E-state index is 0.205. The summed E-state index contributed by atoms with van der Waals surface area (Å²) < 4.78 is 0.205. The molecule has 0 saturated carbocycles. The van der Waals surface area contributed by atoms with Gasteiger partial charge in [0.05, 0.1) is 16.8 Å². The summed E-state index contributed by atoms with van der Waals surface area (Å²) in [6.45, 7) is 5.29. The van der Waals surface area contributed by atoms with E-state index in [2.05, 4.69) is 36.5 Å². The van der Waals surface area contributed by atoms with E-state index in [1.807, 2.05) is 36.0 Å². The molecule has 1 heterocycles. The molecule has 2 rings (SSSR count). The Morgan fingerprint density at radius 2 is 2.00 bits per heavy atom. The summed E-state index contributed by atoms with van der Waals surface area (Å²) in [6, 6.07) is 10.2. The van der Waals surface area contributed by atoms with Gasteiger partial charge >= 0.3 is 0 Å². The predicted octanol–water partition coefficient (Wildman–Crippen LogP) is 4.44. The van der Waals surface area contributed by atoms with E-state index in [0.29, 0.717) is 5.56 Å². The van der Waals surface area contributed by atoms with Gasteiger partial charge in [-0.25, -0.2) is 0 Å². The van der Waals surface area contributed by atoms with Gasteiger partial charge in [0.25, 0.3) is 0 Å². The fourth-order valence-electron chi connectivity index (χ4n) is 2.53. The highest BCUT2D eigenvalue weighted by molar-refractivity contribution is 8.00. The van der Waals surface area contributed by atoms with Gasteiger partial charge in [0.15, 0.2) is 0 Å². The van der Waals surface area contributed by atoms with Crippen molar-refractivity contribution >= 4 is 28.4 Å². The Bertz CT molecular complexity index is 648. The number of nitrogens with one attached hydrogen (secondary N) is 1. The van der Waals surface area contributed by atoms with Crippen molar-refractivity contribution < 1.29 is 0 Å². The number of nitriles is 1. The number of pyridine rings is 1. The molecular formula is C17H21N3S. The first kappa shape index (κ1) is 15.7. The molecule has 1 aromatic carbocycles. The van der Waals surface area contributed by atoms with Crippen molar-refractivity contribution in [1.82, 2.24) is 4.98 Å². The average molecular weight is 299 g/mol. The molecule has 0 amide bonds. The molecule has 0 aliphatic rings. The van der Waals surface area contributed by atoms with Gasteiger partial charge in [0.1, 0.15) is 6.07 Å². The lowest BCUT2D eigenvalue weighted by atomic mass is 10.0. The number of hydrogen-bond donors (Lipinski definition) is 1. The van der Waals surface area contributed by atoms with Crippen LogP contribution in [0.2, 0.25) is 0 Å². The minimum absolute atomic E-state index is 0.205.